The first kappa shape index (κ1) is 15.2. The van der Waals surface area contributed by atoms with Crippen LogP contribution in [0.2, 0.25) is 0 Å². The second kappa shape index (κ2) is 6.53. The SMILES string of the molecule is Cc1cc2cc(C)c(C)c(C)c2cc1C.c1ccncc1. The van der Waals surface area contributed by atoms with Crippen LogP contribution in [0.5, 0.6) is 0 Å². The molecule has 0 aliphatic rings. The van der Waals surface area contributed by atoms with Crippen LogP contribution < -0.4 is 0 Å². The first-order valence-electron chi connectivity index (χ1n) is 7.33. The van der Waals surface area contributed by atoms with Gasteiger partial charge in [0.15, 0.2) is 0 Å². The smallest absolute Gasteiger partial charge is 0.0267 e. The minimum Gasteiger partial charge on any atom is -0.265 e. The summed E-state index contributed by atoms with van der Waals surface area (Å²) in [4.78, 5) is 3.78. The van der Waals surface area contributed by atoms with E-state index in [0.29, 0.717) is 0 Å². The van der Waals surface area contributed by atoms with Crippen LogP contribution in [0.4, 0.5) is 0 Å². The van der Waals surface area contributed by atoms with Crippen LogP contribution in [-0.4, -0.2) is 4.98 Å². The number of aromatic nitrogens is 1. The average Bonchev–Trinajstić information content (AvgIpc) is 2.50. The summed E-state index contributed by atoms with van der Waals surface area (Å²) in [6, 6.07) is 12.6. The summed E-state index contributed by atoms with van der Waals surface area (Å²) in [7, 11) is 0. The Balaban J connectivity index is 0.000000225. The quantitative estimate of drug-likeness (QED) is 0.531. The van der Waals surface area contributed by atoms with Gasteiger partial charge in [0.2, 0.25) is 0 Å². The lowest BCUT2D eigenvalue weighted by molar-refractivity contribution is 1.28. The van der Waals surface area contributed by atoms with E-state index in [4.69, 9.17) is 0 Å². The van der Waals surface area contributed by atoms with E-state index in [9.17, 15) is 0 Å². The van der Waals surface area contributed by atoms with Gasteiger partial charge in [-0.3, -0.25) is 4.98 Å². The van der Waals surface area contributed by atoms with E-state index in [2.05, 4.69) is 57.8 Å². The standard InChI is InChI=1S/C15H18.C5H5N/c1-9-6-14-7-11(3)12(4)13(5)15(14)8-10(9)2;1-2-4-6-5-3-1/h6-8H,1-5H3;1-5H. The monoisotopic (exact) mass is 277 g/mol. The Morgan fingerprint density at radius 1 is 0.619 bits per heavy atom. The summed E-state index contributed by atoms with van der Waals surface area (Å²) in [6.07, 6.45) is 3.50. The molecular formula is C20H23N. The Labute approximate surface area is 127 Å². The summed E-state index contributed by atoms with van der Waals surface area (Å²) in [5.74, 6) is 0. The van der Waals surface area contributed by atoms with Gasteiger partial charge in [-0.1, -0.05) is 24.3 Å². The lowest BCUT2D eigenvalue weighted by Crippen LogP contribution is -1.91. The predicted molar refractivity (Wildman–Crippen MR) is 91.9 cm³/mol. The van der Waals surface area contributed by atoms with Crippen LogP contribution >= 0.6 is 0 Å². The van der Waals surface area contributed by atoms with Crippen molar-refractivity contribution in [1.82, 2.24) is 4.98 Å². The molecule has 1 aromatic heterocycles. The van der Waals surface area contributed by atoms with Crippen molar-refractivity contribution < 1.29 is 0 Å². The van der Waals surface area contributed by atoms with Gasteiger partial charge in [-0.05, 0) is 85.3 Å². The predicted octanol–water partition coefficient (Wildman–Crippen LogP) is 5.46. The minimum absolute atomic E-state index is 1.37. The van der Waals surface area contributed by atoms with Crippen LogP contribution in [0.1, 0.15) is 27.8 Å². The highest BCUT2D eigenvalue weighted by Crippen LogP contribution is 2.27. The molecule has 3 rings (SSSR count). The van der Waals surface area contributed by atoms with Crippen molar-refractivity contribution in [2.75, 3.05) is 0 Å². The second-order valence-electron chi connectivity index (χ2n) is 5.63. The molecule has 0 unspecified atom stereocenters. The van der Waals surface area contributed by atoms with Gasteiger partial charge in [0.05, 0.1) is 0 Å². The van der Waals surface area contributed by atoms with Gasteiger partial charge in [0, 0.05) is 12.4 Å². The third kappa shape index (κ3) is 3.49. The molecule has 0 amide bonds. The molecule has 0 aliphatic heterocycles. The van der Waals surface area contributed by atoms with E-state index in [1.54, 1.807) is 12.4 Å². The Kier molecular flexibility index (Phi) is 4.74. The van der Waals surface area contributed by atoms with E-state index in [1.807, 2.05) is 18.2 Å². The summed E-state index contributed by atoms with van der Waals surface area (Å²) in [6.45, 7) is 11.0. The zero-order valence-corrected chi connectivity index (χ0v) is 13.6. The minimum atomic E-state index is 1.37. The molecule has 1 heteroatoms. The average molecular weight is 277 g/mol. The van der Waals surface area contributed by atoms with Crippen LogP contribution in [0.15, 0.2) is 48.8 Å². The fourth-order valence-electron chi connectivity index (χ4n) is 2.43. The van der Waals surface area contributed by atoms with Crippen molar-refractivity contribution in [2.45, 2.75) is 34.6 Å². The van der Waals surface area contributed by atoms with Gasteiger partial charge in [-0.15, -0.1) is 0 Å². The normalized spacial score (nSPS) is 10.1. The number of nitrogens with zero attached hydrogens (tertiary/aromatic N) is 1. The topological polar surface area (TPSA) is 12.9 Å². The van der Waals surface area contributed by atoms with Crippen molar-refractivity contribution in [3.8, 4) is 0 Å². The number of hydrogen-bond donors (Lipinski definition) is 0. The van der Waals surface area contributed by atoms with E-state index in [1.165, 1.54) is 38.6 Å². The van der Waals surface area contributed by atoms with Crippen LogP contribution in [-0.2, 0) is 0 Å². The summed E-state index contributed by atoms with van der Waals surface area (Å²) in [5, 5.41) is 2.78. The molecule has 0 radical (unpaired) electrons. The largest absolute Gasteiger partial charge is 0.265 e. The van der Waals surface area contributed by atoms with E-state index in [-0.39, 0.29) is 0 Å². The molecule has 0 aliphatic carbocycles. The molecule has 0 bridgehead atoms. The molecule has 0 saturated carbocycles. The molecule has 0 N–H and O–H groups in total. The first-order chi connectivity index (χ1) is 10.0. The number of pyridine rings is 1. The van der Waals surface area contributed by atoms with Gasteiger partial charge in [-0.25, -0.2) is 0 Å². The number of fused-ring (bicyclic) bond motifs is 1. The summed E-state index contributed by atoms with van der Waals surface area (Å²) >= 11 is 0. The highest BCUT2D eigenvalue weighted by Gasteiger charge is 2.05. The van der Waals surface area contributed by atoms with Gasteiger partial charge in [-0.2, -0.15) is 0 Å². The third-order valence-electron chi connectivity index (χ3n) is 4.16. The van der Waals surface area contributed by atoms with Crippen molar-refractivity contribution in [2.24, 2.45) is 0 Å². The van der Waals surface area contributed by atoms with Crippen LogP contribution in [0, 0.1) is 34.6 Å². The Hall–Kier alpha value is -2.15. The molecule has 0 saturated heterocycles. The Morgan fingerprint density at radius 2 is 1.19 bits per heavy atom. The fraction of sp³-hybridized carbons (Fsp3) is 0.250. The summed E-state index contributed by atoms with van der Waals surface area (Å²) < 4.78 is 0. The zero-order valence-electron chi connectivity index (χ0n) is 13.6. The second-order valence-corrected chi connectivity index (χ2v) is 5.63. The molecular weight excluding hydrogens is 254 g/mol. The van der Waals surface area contributed by atoms with E-state index in [0.717, 1.165) is 0 Å². The van der Waals surface area contributed by atoms with E-state index >= 15 is 0 Å². The molecule has 2 aromatic carbocycles. The van der Waals surface area contributed by atoms with Gasteiger partial charge < -0.3 is 0 Å². The summed E-state index contributed by atoms with van der Waals surface area (Å²) in [5.41, 5.74) is 7.00. The Bertz CT molecular complexity index is 711. The van der Waals surface area contributed by atoms with Crippen molar-refractivity contribution >= 4 is 10.8 Å². The number of hydrogen-bond acceptors (Lipinski definition) is 1. The number of rotatable bonds is 0. The Morgan fingerprint density at radius 3 is 1.71 bits per heavy atom. The lowest BCUT2D eigenvalue weighted by atomic mass is 9.94. The van der Waals surface area contributed by atoms with Gasteiger partial charge >= 0.3 is 0 Å². The molecule has 0 atom stereocenters. The molecule has 0 spiro atoms. The van der Waals surface area contributed by atoms with Gasteiger partial charge in [0.25, 0.3) is 0 Å². The molecule has 108 valence electrons. The first-order valence-corrected chi connectivity index (χ1v) is 7.33. The molecule has 1 nitrogen and oxygen atoms in total. The maximum atomic E-state index is 3.78. The molecule has 21 heavy (non-hydrogen) atoms. The highest BCUT2D eigenvalue weighted by molar-refractivity contribution is 5.88. The van der Waals surface area contributed by atoms with Crippen molar-refractivity contribution in [1.29, 1.82) is 0 Å². The van der Waals surface area contributed by atoms with E-state index < -0.39 is 0 Å². The third-order valence-corrected chi connectivity index (χ3v) is 4.16. The number of benzene rings is 2. The molecule has 0 fully saturated rings. The van der Waals surface area contributed by atoms with Gasteiger partial charge in [0.1, 0.15) is 0 Å². The maximum Gasteiger partial charge on any atom is 0.0267 e. The highest BCUT2D eigenvalue weighted by atomic mass is 14.6. The molecule has 1 heterocycles. The number of aryl methyl sites for hydroxylation is 4. The lowest BCUT2D eigenvalue weighted by Gasteiger charge is -2.11. The van der Waals surface area contributed by atoms with Crippen molar-refractivity contribution in [3.63, 3.8) is 0 Å². The molecule has 3 aromatic rings. The fourth-order valence-corrected chi connectivity index (χ4v) is 2.43. The van der Waals surface area contributed by atoms with Crippen molar-refractivity contribution in [3.05, 3.63) is 76.6 Å². The zero-order chi connectivity index (χ0) is 15.4. The maximum absolute atomic E-state index is 3.78. The van der Waals surface area contributed by atoms with Crippen LogP contribution in [0.25, 0.3) is 10.8 Å². The van der Waals surface area contributed by atoms with Crippen LogP contribution in [0.3, 0.4) is 0 Å².